The van der Waals surface area contributed by atoms with Gasteiger partial charge in [-0.3, -0.25) is 24.6 Å². The predicted octanol–water partition coefficient (Wildman–Crippen LogP) is 9.12. The van der Waals surface area contributed by atoms with Gasteiger partial charge in [0.15, 0.2) is 11.6 Å². The number of hydrogen-bond donors (Lipinski definition) is 5. The van der Waals surface area contributed by atoms with Crippen LogP contribution in [0.3, 0.4) is 0 Å². The molecule has 0 spiro atoms. The molecule has 0 radical (unpaired) electrons. The number of rotatable bonds is 28. The number of nitrogens with one attached hydrogen (secondary N) is 2. The van der Waals surface area contributed by atoms with Gasteiger partial charge in [0, 0.05) is 85.0 Å². The fourth-order valence-electron chi connectivity index (χ4n) is 7.09. The molecule has 338 valence electrons. The van der Waals surface area contributed by atoms with Crippen LogP contribution in [0.1, 0.15) is 167 Å². The Morgan fingerprint density at radius 2 is 0.935 bits per heavy atom. The number of thioether (sulfide) groups is 2. The average Bonchev–Trinajstić information content (AvgIpc) is 3.18. The van der Waals surface area contributed by atoms with Gasteiger partial charge in [-0.25, -0.2) is 9.97 Å². The molecule has 62 heavy (non-hydrogen) atoms. The van der Waals surface area contributed by atoms with Crippen LogP contribution >= 0.6 is 23.5 Å². The first-order chi connectivity index (χ1) is 29.2. The summed E-state index contributed by atoms with van der Waals surface area (Å²) in [5.41, 5.74) is 23.2. The van der Waals surface area contributed by atoms with E-state index in [1.165, 1.54) is 12.4 Å². The molecule has 1 aromatic heterocycles. The third-order valence-electron chi connectivity index (χ3n) is 10.6. The summed E-state index contributed by atoms with van der Waals surface area (Å²) in [7, 11) is 0. The summed E-state index contributed by atoms with van der Waals surface area (Å²) in [6.07, 6.45) is 8.84. The summed E-state index contributed by atoms with van der Waals surface area (Å²) >= 11 is 3.10. The minimum atomic E-state index is -0.271. The molecule has 0 amide bonds. The van der Waals surface area contributed by atoms with Crippen molar-refractivity contribution in [2.75, 3.05) is 24.6 Å². The smallest absolute Gasteiger partial charge is 0.185 e. The lowest BCUT2D eigenvalue weighted by molar-refractivity contribution is -0.119. The number of Topliss-reactive ketones (excluding diaryl/α,β-unsaturated/α-hetero) is 4. The molecule has 13 heteroatoms. The van der Waals surface area contributed by atoms with Crippen LogP contribution < -0.4 is 17.2 Å². The second kappa shape index (κ2) is 25.3. The predicted molar refractivity (Wildman–Crippen MR) is 257 cm³/mol. The number of benzene rings is 2. The second-order valence-corrected chi connectivity index (χ2v) is 20.6. The Morgan fingerprint density at radius 1 is 0.565 bits per heavy atom. The topological polar surface area (TPSA) is 220 Å². The van der Waals surface area contributed by atoms with Gasteiger partial charge in [0.05, 0.1) is 5.84 Å². The Labute approximate surface area is 378 Å². The van der Waals surface area contributed by atoms with Crippen LogP contribution in [-0.4, -0.2) is 69.2 Å². The monoisotopic (exact) mass is 886 g/mol. The molecule has 11 nitrogen and oxygen atoms in total. The molecular weight excluding hydrogens is 815 g/mol. The van der Waals surface area contributed by atoms with E-state index in [-0.39, 0.29) is 76.9 Å². The van der Waals surface area contributed by atoms with Gasteiger partial charge in [-0.2, -0.15) is 0 Å². The summed E-state index contributed by atoms with van der Waals surface area (Å²) in [6, 6.07) is 9.76. The summed E-state index contributed by atoms with van der Waals surface area (Å²) in [5.74, 6) is 1.10. The standard InChI is InChI=1S/C49H71N7O4S2/c1-32(52)14-10-8-11-15-39(57)26-33-22-37(48(2,3)4)24-35(46(33)61-20-18-50)28-43(59)41-30-42(56-31-55-41)44(60)29-36-25-38(49(5,6)7)23-34(47(36)62-21-19-51)27-40(58)16-12-9-13-17-45(53)54/h22-25,30-31,52H,8-21,26-29,50-51H2,1-7H3,(H3,53,54). The van der Waals surface area contributed by atoms with Gasteiger partial charge in [-0.05, 0) is 89.3 Å². The maximum atomic E-state index is 14.2. The number of nitrogens with zero attached hydrogens (tertiary/aromatic N) is 2. The number of unbranched alkanes of at least 4 members (excludes halogenated alkanes) is 4. The molecule has 3 aromatic rings. The Balaban J connectivity index is 1.94. The van der Waals surface area contributed by atoms with Gasteiger partial charge >= 0.3 is 0 Å². The number of amidine groups is 1. The van der Waals surface area contributed by atoms with Gasteiger partial charge in [0.25, 0.3) is 0 Å². The molecule has 0 unspecified atom stereocenters. The van der Waals surface area contributed by atoms with Gasteiger partial charge in [0.1, 0.15) is 29.3 Å². The molecule has 2 aromatic carbocycles. The van der Waals surface area contributed by atoms with E-state index in [9.17, 15) is 19.2 Å². The van der Waals surface area contributed by atoms with Gasteiger partial charge in [0.2, 0.25) is 0 Å². The molecule has 0 fully saturated rings. The maximum absolute atomic E-state index is 14.2. The van der Waals surface area contributed by atoms with Crippen molar-refractivity contribution in [2.45, 2.75) is 159 Å². The van der Waals surface area contributed by atoms with Crippen molar-refractivity contribution in [3.63, 3.8) is 0 Å². The van der Waals surface area contributed by atoms with Crippen molar-refractivity contribution in [2.24, 2.45) is 17.2 Å². The van der Waals surface area contributed by atoms with E-state index in [1.807, 2.05) is 6.07 Å². The Bertz CT molecular complexity index is 1910. The maximum Gasteiger partial charge on any atom is 0.185 e. The first-order valence-corrected chi connectivity index (χ1v) is 24.0. The Hall–Kier alpha value is -4.04. The van der Waals surface area contributed by atoms with Crippen LogP contribution in [0, 0.1) is 10.8 Å². The van der Waals surface area contributed by atoms with Crippen molar-refractivity contribution in [1.82, 2.24) is 9.97 Å². The van der Waals surface area contributed by atoms with E-state index in [0.29, 0.717) is 49.6 Å². The molecule has 0 saturated heterocycles. The number of aromatic nitrogens is 2. The number of ketones is 4. The SMILES string of the molecule is CC(=N)CCCCCC(=O)Cc1cc(C(C)(C)C)cc(CC(=O)c2cc(C(=O)Cc3cc(C(C)(C)C)cc(CC(=O)CCCCCC(=N)N)c3SCCN)ncn2)c1SCCN. The Morgan fingerprint density at radius 3 is 1.29 bits per heavy atom. The molecule has 3 rings (SSSR count). The van der Waals surface area contributed by atoms with Crippen LogP contribution in [0.2, 0.25) is 0 Å². The lowest BCUT2D eigenvalue weighted by Gasteiger charge is -2.24. The third-order valence-corrected chi connectivity index (χ3v) is 13.1. The van der Waals surface area contributed by atoms with Crippen molar-refractivity contribution >= 4 is 58.2 Å². The van der Waals surface area contributed by atoms with Crippen LogP contribution in [0.25, 0.3) is 0 Å². The third kappa shape index (κ3) is 17.6. The highest BCUT2D eigenvalue weighted by Gasteiger charge is 2.25. The first kappa shape index (κ1) is 52.3. The van der Waals surface area contributed by atoms with E-state index < -0.39 is 0 Å². The number of nitrogens with two attached hydrogens (primary N) is 3. The van der Waals surface area contributed by atoms with Crippen LogP contribution in [-0.2, 0) is 46.1 Å². The van der Waals surface area contributed by atoms with E-state index in [2.05, 4.69) is 69.7 Å². The lowest BCUT2D eigenvalue weighted by Crippen LogP contribution is -2.17. The second-order valence-electron chi connectivity index (χ2n) is 18.4. The molecule has 0 atom stereocenters. The Kier molecular flexibility index (Phi) is 21.3. The van der Waals surface area contributed by atoms with Crippen molar-refractivity contribution < 1.29 is 19.2 Å². The van der Waals surface area contributed by atoms with Crippen LogP contribution in [0.5, 0.6) is 0 Å². The minimum absolute atomic E-state index is 0.0148. The van der Waals surface area contributed by atoms with E-state index in [1.54, 1.807) is 30.4 Å². The van der Waals surface area contributed by atoms with Crippen molar-refractivity contribution in [3.8, 4) is 0 Å². The molecule has 0 aliphatic carbocycles. The van der Waals surface area contributed by atoms with Gasteiger partial charge < -0.3 is 22.6 Å². The highest BCUT2D eigenvalue weighted by Crippen LogP contribution is 2.36. The summed E-state index contributed by atoms with van der Waals surface area (Å²) in [5, 5.41) is 15.1. The number of carbonyl (C=O) groups excluding carboxylic acids is 4. The minimum Gasteiger partial charge on any atom is -0.388 e. The molecule has 1 heterocycles. The van der Waals surface area contributed by atoms with Gasteiger partial charge in [-0.1, -0.05) is 78.6 Å². The van der Waals surface area contributed by atoms with E-state index in [4.69, 9.17) is 28.0 Å². The highest BCUT2D eigenvalue weighted by atomic mass is 32.2. The fourth-order valence-corrected chi connectivity index (χ4v) is 9.00. The van der Waals surface area contributed by atoms with Crippen molar-refractivity contribution in [1.29, 1.82) is 10.8 Å². The number of hydrogen-bond acceptors (Lipinski definition) is 12. The van der Waals surface area contributed by atoms with E-state index >= 15 is 0 Å². The largest absolute Gasteiger partial charge is 0.388 e. The molecule has 8 N–H and O–H groups in total. The zero-order valence-corrected chi connectivity index (χ0v) is 39.9. The molecule has 0 bridgehead atoms. The van der Waals surface area contributed by atoms with Crippen LogP contribution in [0.4, 0.5) is 0 Å². The molecule has 0 saturated carbocycles. The zero-order chi connectivity index (χ0) is 46.0. The zero-order valence-electron chi connectivity index (χ0n) is 38.3. The molecular formula is C49H71N7O4S2. The summed E-state index contributed by atoms with van der Waals surface area (Å²) in [4.78, 5) is 65.4. The lowest BCUT2D eigenvalue weighted by atomic mass is 9.83. The summed E-state index contributed by atoms with van der Waals surface area (Å²) < 4.78 is 0. The quantitative estimate of drug-likeness (QED) is 0.0152. The fraction of sp³-hybridized carbons (Fsp3) is 0.551. The highest BCUT2D eigenvalue weighted by molar-refractivity contribution is 7.99. The average molecular weight is 886 g/mol. The first-order valence-electron chi connectivity index (χ1n) is 22.0. The normalized spacial score (nSPS) is 11.8. The van der Waals surface area contributed by atoms with Crippen molar-refractivity contribution in [3.05, 3.63) is 81.4 Å². The molecule has 0 aliphatic rings. The van der Waals surface area contributed by atoms with Crippen LogP contribution in [0.15, 0.2) is 46.5 Å². The van der Waals surface area contributed by atoms with E-state index in [0.717, 1.165) is 88.1 Å². The van der Waals surface area contributed by atoms with Gasteiger partial charge in [-0.15, -0.1) is 23.5 Å². The number of carbonyl (C=O) groups is 4. The summed E-state index contributed by atoms with van der Waals surface area (Å²) in [6.45, 7) is 15.3. The molecule has 0 aliphatic heterocycles.